The number of thioether (sulfide) groups is 1. The molecule has 2 aliphatic rings. The molecule has 2 aliphatic heterocycles. The molecule has 6 nitrogen and oxygen atoms in total. The molecule has 0 aliphatic carbocycles. The number of hydrogen-bond acceptors (Lipinski definition) is 6. The van der Waals surface area contributed by atoms with E-state index < -0.39 is 6.17 Å². The van der Waals surface area contributed by atoms with Crippen LogP contribution >= 0.6 is 11.8 Å². The Kier molecular flexibility index (Phi) is 3.23. The zero-order valence-electron chi connectivity index (χ0n) is 12.6. The largest absolute Gasteiger partial charge is 0.462 e. The predicted molar refractivity (Wildman–Crippen MR) is 87.7 cm³/mol. The van der Waals surface area contributed by atoms with Gasteiger partial charge < -0.3 is 4.42 Å². The minimum Gasteiger partial charge on any atom is -0.462 e. The molecular formula is C16H14N4O2S. The molecule has 4 rings (SSSR count). The Morgan fingerprint density at radius 2 is 2.09 bits per heavy atom. The summed E-state index contributed by atoms with van der Waals surface area (Å²) in [6.07, 6.45) is 1.38. The summed E-state index contributed by atoms with van der Waals surface area (Å²) in [6, 6.07) is 11.3. The number of benzene rings is 1. The predicted octanol–water partition coefficient (Wildman–Crippen LogP) is 1.09. The van der Waals surface area contributed by atoms with Gasteiger partial charge in [0.05, 0.1) is 5.36 Å². The average molecular weight is 326 g/mol. The van der Waals surface area contributed by atoms with Gasteiger partial charge in [-0.25, -0.2) is 10.0 Å². The highest BCUT2D eigenvalue weighted by molar-refractivity contribution is 8.13. The van der Waals surface area contributed by atoms with Crippen LogP contribution in [0.3, 0.4) is 0 Å². The van der Waals surface area contributed by atoms with Crippen LogP contribution in [-0.2, 0) is 4.79 Å². The van der Waals surface area contributed by atoms with Crippen molar-refractivity contribution in [3.63, 3.8) is 0 Å². The maximum absolute atomic E-state index is 12.6. The normalized spacial score (nSPS) is 19.5. The Bertz CT molecular complexity index is 947. The molecule has 2 aromatic rings. The number of amidine groups is 1. The average Bonchev–Trinajstić information content (AvgIpc) is 2.99. The van der Waals surface area contributed by atoms with Crippen molar-refractivity contribution in [2.24, 2.45) is 10.1 Å². The summed E-state index contributed by atoms with van der Waals surface area (Å²) in [7, 11) is 0. The summed E-state index contributed by atoms with van der Waals surface area (Å²) in [5, 5.41) is 11.1. The quantitative estimate of drug-likeness (QED) is 0.852. The zero-order chi connectivity index (χ0) is 16.0. The number of aryl methyl sites for hydroxylation is 1. The monoisotopic (exact) mass is 326 g/mol. The van der Waals surface area contributed by atoms with Crippen molar-refractivity contribution < 1.29 is 9.21 Å². The van der Waals surface area contributed by atoms with Gasteiger partial charge in [0, 0.05) is 5.22 Å². The molecule has 0 saturated heterocycles. The fourth-order valence-electron chi connectivity index (χ4n) is 2.70. The smallest absolute Gasteiger partial charge is 0.276 e. The maximum atomic E-state index is 12.6. The van der Waals surface area contributed by atoms with Crippen molar-refractivity contribution in [1.29, 1.82) is 0 Å². The highest BCUT2D eigenvalue weighted by Crippen LogP contribution is 2.31. The van der Waals surface area contributed by atoms with Crippen LogP contribution in [0.5, 0.6) is 0 Å². The lowest BCUT2D eigenvalue weighted by molar-refractivity contribution is -0.116. The van der Waals surface area contributed by atoms with Crippen molar-refractivity contribution in [2.45, 2.75) is 13.1 Å². The second-order valence-electron chi connectivity index (χ2n) is 5.22. The van der Waals surface area contributed by atoms with Crippen LogP contribution in [0.1, 0.15) is 17.7 Å². The second kappa shape index (κ2) is 5.27. The van der Waals surface area contributed by atoms with Crippen LogP contribution in [0.15, 0.2) is 50.9 Å². The number of rotatable bonds is 1. The molecule has 0 fully saturated rings. The number of nitrogens with one attached hydrogen (secondary N) is 1. The third-order valence-corrected chi connectivity index (χ3v) is 4.29. The summed E-state index contributed by atoms with van der Waals surface area (Å²) in [6.45, 7) is 1.88. The molecule has 1 aromatic heterocycles. The molecule has 0 saturated carbocycles. The number of amides is 1. The third kappa shape index (κ3) is 2.24. The molecule has 1 amide bonds. The standard InChI is InChI=1S/C16H14N4O2S/c1-9-7-8-12(22-9)14-17-11-6-4-3-5-10(11)13-15(21)18-16(23-2)19-20(13)14/h3-8,14H,1-2H3,(H,18,19,21). The summed E-state index contributed by atoms with van der Waals surface area (Å²) in [4.78, 5) is 17.3. The first kappa shape index (κ1) is 14.1. The summed E-state index contributed by atoms with van der Waals surface area (Å²) in [5.74, 6) is 1.28. The number of furan rings is 1. The van der Waals surface area contributed by atoms with Gasteiger partial charge in [-0.3, -0.25) is 10.1 Å². The van der Waals surface area contributed by atoms with Crippen LogP contribution < -0.4 is 15.9 Å². The number of hydrazone groups is 1. The van der Waals surface area contributed by atoms with Gasteiger partial charge in [0.25, 0.3) is 5.91 Å². The minimum atomic E-state index is -0.484. The number of hydrogen-bond donors (Lipinski definition) is 1. The third-order valence-electron chi connectivity index (χ3n) is 3.72. The molecule has 1 aromatic carbocycles. The summed E-state index contributed by atoms with van der Waals surface area (Å²) >= 11 is 1.38. The zero-order valence-corrected chi connectivity index (χ0v) is 13.4. The van der Waals surface area contributed by atoms with Crippen LogP contribution in [0, 0.1) is 6.92 Å². The van der Waals surface area contributed by atoms with E-state index in [1.165, 1.54) is 11.8 Å². The molecule has 116 valence electrons. The van der Waals surface area contributed by atoms with Gasteiger partial charge in [0.1, 0.15) is 11.5 Å². The van der Waals surface area contributed by atoms with Crippen LogP contribution in [0.2, 0.25) is 0 Å². The molecule has 0 radical (unpaired) electrons. The topological polar surface area (TPSA) is 70.2 Å². The lowest BCUT2D eigenvalue weighted by Crippen LogP contribution is -2.50. The van der Waals surface area contributed by atoms with Gasteiger partial charge in [0.15, 0.2) is 10.9 Å². The first-order valence-corrected chi connectivity index (χ1v) is 8.36. The van der Waals surface area contributed by atoms with Gasteiger partial charge in [-0.15, -0.1) is 5.10 Å². The molecule has 1 atom stereocenters. The van der Waals surface area contributed by atoms with Crippen LogP contribution in [0.25, 0.3) is 5.70 Å². The molecule has 0 spiro atoms. The Labute approximate surface area is 136 Å². The molecule has 1 unspecified atom stereocenters. The van der Waals surface area contributed by atoms with Crippen molar-refractivity contribution in [1.82, 2.24) is 10.3 Å². The van der Waals surface area contributed by atoms with Crippen molar-refractivity contribution >= 4 is 28.5 Å². The van der Waals surface area contributed by atoms with E-state index in [0.29, 0.717) is 16.6 Å². The van der Waals surface area contributed by atoms with Crippen LogP contribution in [-0.4, -0.2) is 22.3 Å². The Hall–Kier alpha value is -2.54. The van der Waals surface area contributed by atoms with Crippen molar-refractivity contribution in [2.75, 3.05) is 6.26 Å². The van der Waals surface area contributed by atoms with E-state index in [-0.39, 0.29) is 5.91 Å². The molecule has 0 bridgehead atoms. The second-order valence-corrected chi connectivity index (χ2v) is 6.02. The highest BCUT2D eigenvalue weighted by atomic mass is 32.2. The van der Waals surface area contributed by atoms with Gasteiger partial charge >= 0.3 is 0 Å². The van der Waals surface area contributed by atoms with E-state index in [9.17, 15) is 4.79 Å². The first-order chi connectivity index (χ1) is 11.2. The highest BCUT2D eigenvalue weighted by Gasteiger charge is 2.35. The lowest BCUT2D eigenvalue weighted by Gasteiger charge is -2.32. The summed E-state index contributed by atoms with van der Waals surface area (Å²) < 4.78 is 5.73. The molecule has 3 heterocycles. The fourth-order valence-corrected chi connectivity index (χ4v) is 3.06. The Morgan fingerprint density at radius 3 is 2.83 bits per heavy atom. The van der Waals surface area contributed by atoms with Gasteiger partial charge in [-0.1, -0.05) is 30.0 Å². The lowest BCUT2D eigenvalue weighted by atomic mass is 10.1. The van der Waals surface area contributed by atoms with Gasteiger partial charge in [0.2, 0.25) is 6.17 Å². The fraction of sp³-hybridized carbons (Fsp3) is 0.188. The number of carbonyl (C=O) groups excluding carboxylic acids is 1. The first-order valence-electron chi connectivity index (χ1n) is 7.14. The minimum absolute atomic E-state index is 0.181. The maximum Gasteiger partial charge on any atom is 0.276 e. The SMILES string of the molecule is CSC1=NN2C(=c3ccccc3=NC2c2ccc(C)o2)C(=O)N1. The molecular weight excluding hydrogens is 312 g/mol. The number of para-hydroxylation sites is 1. The van der Waals surface area contributed by atoms with Crippen LogP contribution in [0.4, 0.5) is 0 Å². The van der Waals surface area contributed by atoms with Gasteiger partial charge in [-0.05, 0) is 31.4 Å². The molecule has 1 N–H and O–H groups in total. The summed E-state index contributed by atoms with van der Waals surface area (Å²) in [5.41, 5.74) is 0.493. The Morgan fingerprint density at radius 1 is 1.26 bits per heavy atom. The van der Waals surface area contributed by atoms with Crippen molar-refractivity contribution in [3.05, 3.63) is 58.5 Å². The number of fused-ring (bicyclic) bond motifs is 2. The molecule has 23 heavy (non-hydrogen) atoms. The number of nitrogens with zero attached hydrogens (tertiary/aromatic N) is 3. The number of carbonyl (C=O) groups is 1. The molecule has 7 heteroatoms. The Balaban J connectivity index is 1.99. The van der Waals surface area contributed by atoms with E-state index in [4.69, 9.17) is 9.41 Å². The van der Waals surface area contributed by atoms with Crippen molar-refractivity contribution in [3.8, 4) is 0 Å². The van der Waals surface area contributed by atoms with E-state index in [1.807, 2.05) is 49.6 Å². The van der Waals surface area contributed by atoms with E-state index in [0.717, 1.165) is 16.3 Å². The van der Waals surface area contributed by atoms with Gasteiger partial charge in [-0.2, -0.15) is 0 Å². The van der Waals surface area contributed by atoms with E-state index in [2.05, 4.69) is 10.4 Å². The van der Waals surface area contributed by atoms with E-state index in [1.54, 1.807) is 5.01 Å². The van der Waals surface area contributed by atoms with E-state index >= 15 is 0 Å².